The van der Waals surface area contributed by atoms with Gasteiger partial charge in [0.05, 0.1) is 23.1 Å². The maximum Gasteiger partial charge on any atom is 0.213 e. The maximum atomic E-state index is 12.0. The summed E-state index contributed by atoms with van der Waals surface area (Å²) in [6, 6.07) is 7.71. The van der Waals surface area contributed by atoms with E-state index in [2.05, 4.69) is 9.71 Å². The Morgan fingerprint density at radius 3 is 2.96 bits per heavy atom. The van der Waals surface area contributed by atoms with Crippen LogP contribution >= 0.6 is 0 Å². The molecule has 0 unspecified atom stereocenters. The second-order valence-corrected chi connectivity index (χ2v) is 7.94. The molecule has 0 radical (unpaired) electrons. The molecule has 0 aliphatic heterocycles. The minimum absolute atomic E-state index is 0.0519. The van der Waals surface area contributed by atoms with Crippen molar-refractivity contribution in [1.29, 1.82) is 0 Å². The quantitative estimate of drug-likeness (QED) is 0.671. The highest BCUT2D eigenvalue weighted by molar-refractivity contribution is 7.89. The number of nitrogens with zero attached hydrogens (tertiary/aromatic N) is 2. The van der Waals surface area contributed by atoms with Crippen LogP contribution in [-0.4, -0.2) is 43.5 Å². The monoisotopic (exact) mass is 337 g/mol. The van der Waals surface area contributed by atoms with Crippen molar-refractivity contribution in [3.8, 4) is 0 Å². The standard InChI is InChI=1S/C16H23N3O3S/c20-23(21,18-8-3-10-22-12-14-6-7-14)11-9-19-13-17-15-4-1-2-5-16(15)19/h1-2,4-5,13-14,18H,3,6-12H2. The van der Waals surface area contributed by atoms with Crippen LogP contribution in [0.25, 0.3) is 11.0 Å². The third-order valence-corrected chi connectivity index (χ3v) is 5.33. The second-order valence-electron chi connectivity index (χ2n) is 6.01. The topological polar surface area (TPSA) is 73.2 Å². The van der Waals surface area contributed by atoms with Crippen LogP contribution in [0.4, 0.5) is 0 Å². The molecule has 0 atom stereocenters. The molecule has 0 bridgehead atoms. The van der Waals surface area contributed by atoms with Crippen molar-refractivity contribution >= 4 is 21.1 Å². The van der Waals surface area contributed by atoms with Crippen LogP contribution in [0.5, 0.6) is 0 Å². The summed E-state index contributed by atoms with van der Waals surface area (Å²) in [6.45, 7) is 2.26. The van der Waals surface area contributed by atoms with Crippen molar-refractivity contribution in [2.24, 2.45) is 5.92 Å². The van der Waals surface area contributed by atoms with Crippen LogP contribution < -0.4 is 4.72 Å². The van der Waals surface area contributed by atoms with Crippen molar-refractivity contribution < 1.29 is 13.2 Å². The lowest BCUT2D eigenvalue weighted by Crippen LogP contribution is -2.29. The molecule has 3 rings (SSSR count). The third kappa shape index (κ3) is 5.02. The van der Waals surface area contributed by atoms with E-state index in [0.29, 0.717) is 26.1 Å². The first-order chi connectivity index (χ1) is 11.1. The van der Waals surface area contributed by atoms with E-state index in [4.69, 9.17) is 4.74 Å². The van der Waals surface area contributed by atoms with Gasteiger partial charge in [0, 0.05) is 26.3 Å². The maximum absolute atomic E-state index is 12.0. The number of aryl methyl sites for hydroxylation is 1. The number of nitrogens with one attached hydrogen (secondary N) is 1. The third-order valence-electron chi connectivity index (χ3n) is 3.97. The minimum Gasteiger partial charge on any atom is -0.381 e. The Morgan fingerprint density at radius 2 is 2.13 bits per heavy atom. The van der Waals surface area contributed by atoms with Gasteiger partial charge >= 0.3 is 0 Å². The first-order valence-corrected chi connectivity index (χ1v) is 9.74. The predicted octanol–water partition coefficient (Wildman–Crippen LogP) is 1.77. The highest BCUT2D eigenvalue weighted by atomic mass is 32.2. The Bertz CT molecular complexity index is 738. The average Bonchev–Trinajstić information content (AvgIpc) is 3.27. The molecule has 23 heavy (non-hydrogen) atoms. The lowest BCUT2D eigenvalue weighted by atomic mass is 10.3. The van der Waals surface area contributed by atoms with E-state index in [0.717, 1.165) is 23.6 Å². The van der Waals surface area contributed by atoms with Gasteiger partial charge in [-0.2, -0.15) is 0 Å². The first-order valence-electron chi connectivity index (χ1n) is 8.09. The molecule has 2 aromatic rings. The van der Waals surface area contributed by atoms with Gasteiger partial charge in [-0.25, -0.2) is 18.1 Å². The number of hydrogen-bond donors (Lipinski definition) is 1. The summed E-state index contributed by atoms with van der Waals surface area (Å²) >= 11 is 0. The van der Waals surface area contributed by atoms with Crippen molar-refractivity contribution in [2.45, 2.75) is 25.8 Å². The zero-order chi connectivity index (χ0) is 16.1. The van der Waals surface area contributed by atoms with Gasteiger partial charge in [-0.1, -0.05) is 12.1 Å². The Balaban J connectivity index is 1.39. The van der Waals surface area contributed by atoms with E-state index in [-0.39, 0.29) is 5.75 Å². The zero-order valence-electron chi connectivity index (χ0n) is 13.1. The molecule has 1 aromatic carbocycles. The van der Waals surface area contributed by atoms with Crippen LogP contribution in [0.1, 0.15) is 19.3 Å². The van der Waals surface area contributed by atoms with Crippen LogP contribution in [0.2, 0.25) is 0 Å². The number of fused-ring (bicyclic) bond motifs is 1. The molecule has 6 nitrogen and oxygen atoms in total. The van der Waals surface area contributed by atoms with Gasteiger partial charge in [0.25, 0.3) is 0 Å². The van der Waals surface area contributed by atoms with Crippen molar-refractivity contribution in [3.63, 3.8) is 0 Å². The van der Waals surface area contributed by atoms with Crippen LogP contribution in [0, 0.1) is 5.92 Å². The second kappa shape index (κ2) is 7.42. The molecular formula is C16H23N3O3S. The van der Waals surface area contributed by atoms with Gasteiger partial charge in [-0.05, 0) is 37.3 Å². The molecule has 0 saturated heterocycles. The molecule has 1 heterocycles. The number of benzene rings is 1. The van der Waals surface area contributed by atoms with E-state index >= 15 is 0 Å². The smallest absolute Gasteiger partial charge is 0.213 e. The van der Waals surface area contributed by atoms with Crippen LogP contribution in [0.15, 0.2) is 30.6 Å². The molecule has 7 heteroatoms. The van der Waals surface area contributed by atoms with Gasteiger partial charge in [0.2, 0.25) is 10.0 Å². The number of imidazole rings is 1. The normalized spacial score (nSPS) is 15.3. The van der Waals surface area contributed by atoms with Crippen molar-refractivity contribution in [1.82, 2.24) is 14.3 Å². The fraction of sp³-hybridized carbons (Fsp3) is 0.562. The highest BCUT2D eigenvalue weighted by Gasteiger charge is 2.20. The van der Waals surface area contributed by atoms with E-state index < -0.39 is 10.0 Å². The lowest BCUT2D eigenvalue weighted by Gasteiger charge is -2.08. The number of para-hydroxylation sites is 2. The molecule has 0 amide bonds. The number of sulfonamides is 1. The minimum atomic E-state index is -3.27. The Labute approximate surface area is 136 Å². The Kier molecular flexibility index (Phi) is 5.30. The summed E-state index contributed by atoms with van der Waals surface area (Å²) in [6.07, 6.45) is 4.94. The molecule has 1 N–H and O–H groups in total. The molecule has 126 valence electrons. The molecule has 1 aromatic heterocycles. The predicted molar refractivity (Wildman–Crippen MR) is 89.7 cm³/mol. The van der Waals surface area contributed by atoms with Gasteiger partial charge in [-0.3, -0.25) is 0 Å². The lowest BCUT2D eigenvalue weighted by molar-refractivity contribution is 0.123. The van der Waals surface area contributed by atoms with Gasteiger partial charge in [0.1, 0.15) is 0 Å². The number of aromatic nitrogens is 2. The summed E-state index contributed by atoms with van der Waals surface area (Å²) in [4.78, 5) is 4.27. The van der Waals surface area contributed by atoms with Crippen molar-refractivity contribution in [2.75, 3.05) is 25.5 Å². The molecule has 1 aliphatic rings. The largest absolute Gasteiger partial charge is 0.381 e. The van der Waals surface area contributed by atoms with E-state index in [1.807, 2.05) is 28.8 Å². The zero-order valence-corrected chi connectivity index (χ0v) is 14.0. The van der Waals surface area contributed by atoms with Crippen molar-refractivity contribution in [3.05, 3.63) is 30.6 Å². The molecule has 1 aliphatic carbocycles. The summed E-state index contributed by atoms with van der Waals surface area (Å²) < 4.78 is 34.0. The van der Waals surface area contributed by atoms with Gasteiger partial charge in [-0.15, -0.1) is 0 Å². The molecule has 1 fully saturated rings. The van der Waals surface area contributed by atoms with Crippen LogP contribution in [-0.2, 0) is 21.3 Å². The van der Waals surface area contributed by atoms with Crippen LogP contribution in [0.3, 0.4) is 0 Å². The fourth-order valence-corrected chi connectivity index (χ4v) is 3.45. The van der Waals surface area contributed by atoms with Gasteiger partial charge in [0.15, 0.2) is 0 Å². The average molecular weight is 337 g/mol. The first kappa shape index (κ1) is 16.4. The Morgan fingerprint density at radius 1 is 1.30 bits per heavy atom. The van der Waals surface area contributed by atoms with E-state index in [1.165, 1.54) is 12.8 Å². The summed E-state index contributed by atoms with van der Waals surface area (Å²) in [7, 11) is -3.27. The highest BCUT2D eigenvalue weighted by Crippen LogP contribution is 2.28. The van der Waals surface area contributed by atoms with E-state index in [1.54, 1.807) is 6.33 Å². The Hall–Kier alpha value is -1.44. The fourth-order valence-electron chi connectivity index (χ4n) is 2.42. The van der Waals surface area contributed by atoms with Gasteiger partial charge < -0.3 is 9.30 Å². The number of hydrogen-bond acceptors (Lipinski definition) is 4. The summed E-state index contributed by atoms with van der Waals surface area (Å²) in [5, 5.41) is 0. The summed E-state index contributed by atoms with van der Waals surface area (Å²) in [5.41, 5.74) is 1.84. The van der Waals surface area contributed by atoms with E-state index in [9.17, 15) is 8.42 Å². The molecule has 1 saturated carbocycles. The SMILES string of the molecule is O=S(=O)(CCn1cnc2ccccc21)NCCCOCC1CC1. The summed E-state index contributed by atoms with van der Waals surface area (Å²) in [5.74, 6) is 0.799. The number of rotatable bonds is 10. The number of ether oxygens (including phenoxy) is 1. The molecular weight excluding hydrogens is 314 g/mol. The molecule has 0 spiro atoms.